The smallest absolute Gasteiger partial charge is 0.181 e. The van der Waals surface area contributed by atoms with Crippen LogP contribution in [0.25, 0.3) is 11.3 Å². The average Bonchev–Trinajstić information content (AvgIpc) is 2.96. The van der Waals surface area contributed by atoms with E-state index in [0.717, 1.165) is 48.7 Å². The fourth-order valence-corrected chi connectivity index (χ4v) is 1.81. The Morgan fingerprint density at radius 2 is 2.18 bits per heavy atom. The first-order valence-electron chi connectivity index (χ1n) is 6.06. The normalized spacial score (nSPS) is 10.9. The molecule has 0 atom stereocenters. The highest BCUT2D eigenvalue weighted by atomic mass is 16.3. The summed E-state index contributed by atoms with van der Waals surface area (Å²) >= 11 is 0. The summed E-state index contributed by atoms with van der Waals surface area (Å²) in [6.07, 6.45) is 5.15. The predicted molar refractivity (Wildman–Crippen MR) is 65.6 cm³/mol. The van der Waals surface area contributed by atoms with E-state index in [4.69, 9.17) is 8.83 Å². The van der Waals surface area contributed by atoms with Gasteiger partial charge in [-0.2, -0.15) is 0 Å². The van der Waals surface area contributed by atoms with E-state index in [2.05, 4.69) is 24.1 Å². The van der Waals surface area contributed by atoms with E-state index in [9.17, 15) is 0 Å². The minimum absolute atomic E-state index is 0.730. The Morgan fingerprint density at radius 3 is 2.94 bits per heavy atom. The fraction of sp³-hybridized carbons (Fsp3) is 0.462. The molecule has 4 nitrogen and oxygen atoms in total. The number of aryl methyl sites for hydroxylation is 1. The van der Waals surface area contributed by atoms with Crippen molar-refractivity contribution in [3.63, 3.8) is 0 Å². The van der Waals surface area contributed by atoms with Crippen molar-refractivity contribution in [1.82, 2.24) is 10.3 Å². The summed E-state index contributed by atoms with van der Waals surface area (Å²) in [6.45, 7) is 5.92. The minimum Gasteiger partial charge on any atom is -0.469 e. The van der Waals surface area contributed by atoms with Crippen LogP contribution >= 0.6 is 0 Å². The highest BCUT2D eigenvalue weighted by Gasteiger charge is 2.15. The van der Waals surface area contributed by atoms with Gasteiger partial charge in [0.15, 0.2) is 12.2 Å². The van der Waals surface area contributed by atoms with E-state index >= 15 is 0 Å². The van der Waals surface area contributed by atoms with E-state index in [1.54, 1.807) is 6.26 Å². The Morgan fingerprint density at radius 1 is 1.29 bits per heavy atom. The number of nitrogens with zero attached hydrogens (tertiary/aromatic N) is 1. The third kappa shape index (κ3) is 2.58. The van der Waals surface area contributed by atoms with Crippen molar-refractivity contribution in [2.24, 2.45) is 0 Å². The third-order valence-electron chi connectivity index (χ3n) is 2.67. The summed E-state index contributed by atoms with van der Waals surface area (Å²) in [7, 11) is 0. The van der Waals surface area contributed by atoms with Crippen LogP contribution in [0.15, 0.2) is 27.6 Å². The van der Waals surface area contributed by atoms with Gasteiger partial charge in [-0.25, -0.2) is 4.98 Å². The van der Waals surface area contributed by atoms with Crippen molar-refractivity contribution in [3.8, 4) is 11.3 Å². The Balaban J connectivity index is 2.18. The van der Waals surface area contributed by atoms with Crippen molar-refractivity contribution < 1.29 is 8.83 Å². The molecule has 0 unspecified atom stereocenters. The lowest BCUT2D eigenvalue weighted by atomic mass is 10.1. The van der Waals surface area contributed by atoms with Gasteiger partial charge in [-0.05, 0) is 19.0 Å². The van der Waals surface area contributed by atoms with Gasteiger partial charge in [0.25, 0.3) is 0 Å². The fourth-order valence-electron chi connectivity index (χ4n) is 1.81. The SMILES string of the molecule is CCCNCc1ncoc1-c1ccoc1CC. The molecule has 1 N–H and O–H groups in total. The molecule has 4 heteroatoms. The Hall–Kier alpha value is -1.55. The van der Waals surface area contributed by atoms with Gasteiger partial charge in [0, 0.05) is 13.0 Å². The van der Waals surface area contributed by atoms with Crippen LogP contribution in [-0.4, -0.2) is 11.5 Å². The zero-order chi connectivity index (χ0) is 12.1. The second-order valence-corrected chi connectivity index (χ2v) is 3.92. The minimum atomic E-state index is 0.730. The zero-order valence-corrected chi connectivity index (χ0v) is 10.3. The van der Waals surface area contributed by atoms with Gasteiger partial charge < -0.3 is 14.2 Å². The van der Waals surface area contributed by atoms with Gasteiger partial charge in [0.05, 0.1) is 11.8 Å². The van der Waals surface area contributed by atoms with Crippen LogP contribution in [0.3, 0.4) is 0 Å². The van der Waals surface area contributed by atoms with Gasteiger partial charge >= 0.3 is 0 Å². The lowest BCUT2D eigenvalue weighted by molar-refractivity contribution is 0.512. The summed E-state index contributed by atoms with van der Waals surface area (Å²) in [5, 5.41) is 3.32. The number of furan rings is 1. The van der Waals surface area contributed by atoms with Crippen LogP contribution < -0.4 is 5.32 Å². The van der Waals surface area contributed by atoms with Crippen molar-refractivity contribution in [3.05, 3.63) is 30.2 Å². The van der Waals surface area contributed by atoms with Crippen LogP contribution in [0.4, 0.5) is 0 Å². The lowest BCUT2D eigenvalue weighted by Gasteiger charge is -2.02. The first-order chi connectivity index (χ1) is 8.36. The Kier molecular flexibility index (Phi) is 3.98. The molecule has 0 amide bonds. The van der Waals surface area contributed by atoms with Gasteiger partial charge in [0.2, 0.25) is 0 Å². The summed E-state index contributed by atoms with van der Waals surface area (Å²) < 4.78 is 10.9. The average molecular weight is 234 g/mol. The highest BCUT2D eigenvalue weighted by molar-refractivity contribution is 5.61. The molecule has 0 bridgehead atoms. The highest BCUT2D eigenvalue weighted by Crippen LogP contribution is 2.28. The van der Waals surface area contributed by atoms with Crippen LogP contribution in [0.1, 0.15) is 31.7 Å². The number of hydrogen-bond donors (Lipinski definition) is 1. The third-order valence-corrected chi connectivity index (χ3v) is 2.67. The van der Waals surface area contributed by atoms with Gasteiger partial charge in [-0.1, -0.05) is 13.8 Å². The molecular formula is C13H18N2O2. The molecule has 2 aromatic rings. The molecule has 2 heterocycles. The van der Waals surface area contributed by atoms with Crippen molar-refractivity contribution in [2.75, 3.05) is 6.54 Å². The molecule has 2 aromatic heterocycles. The number of oxazole rings is 1. The molecule has 0 aliphatic heterocycles. The number of aromatic nitrogens is 1. The van der Waals surface area contributed by atoms with Crippen molar-refractivity contribution in [1.29, 1.82) is 0 Å². The molecule has 0 saturated carbocycles. The van der Waals surface area contributed by atoms with Crippen LogP contribution in [-0.2, 0) is 13.0 Å². The lowest BCUT2D eigenvalue weighted by Crippen LogP contribution is -2.14. The largest absolute Gasteiger partial charge is 0.469 e. The van der Waals surface area contributed by atoms with E-state index < -0.39 is 0 Å². The van der Waals surface area contributed by atoms with E-state index in [0.29, 0.717) is 0 Å². The second kappa shape index (κ2) is 5.68. The van der Waals surface area contributed by atoms with Crippen LogP contribution in [0.5, 0.6) is 0 Å². The quantitative estimate of drug-likeness (QED) is 0.781. The number of hydrogen-bond acceptors (Lipinski definition) is 4. The van der Waals surface area contributed by atoms with Gasteiger partial charge in [-0.15, -0.1) is 0 Å². The Labute approximate surface area is 101 Å². The number of rotatable bonds is 6. The van der Waals surface area contributed by atoms with Crippen LogP contribution in [0.2, 0.25) is 0 Å². The van der Waals surface area contributed by atoms with E-state index in [-0.39, 0.29) is 0 Å². The maximum atomic E-state index is 5.47. The second-order valence-electron chi connectivity index (χ2n) is 3.92. The topological polar surface area (TPSA) is 51.2 Å². The van der Waals surface area contributed by atoms with Crippen LogP contribution in [0, 0.1) is 0 Å². The zero-order valence-electron chi connectivity index (χ0n) is 10.3. The van der Waals surface area contributed by atoms with Gasteiger partial charge in [-0.3, -0.25) is 0 Å². The molecule has 0 saturated heterocycles. The maximum Gasteiger partial charge on any atom is 0.181 e. The molecule has 17 heavy (non-hydrogen) atoms. The monoisotopic (exact) mass is 234 g/mol. The predicted octanol–water partition coefficient (Wildman–Crippen LogP) is 3.00. The summed E-state index contributed by atoms with van der Waals surface area (Å²) in [6, 6.07) is 1.93. The molecule has 0 aliphatic rings. The molecule has 0 aliphatic carbocycles. The first-order valence-corrected chi connectivity index (χ1v) is 6.06. The molecule has 0 aromatic carbocycles. The molecule has 0 spiro atoms. The number of nitrogens with one attached hydrogen (secondary N) is 1. The van der Waals surface area contributed by atoms with E-state index in [1.165, 1.54) is 6.39 Å². The van der Waals surface area contributed by atoms with Gasteiger partial charge in [0.1, 0.15) is 11.5 Å². The summed E-state index contributed by atoms with van der Waals surface area (Å²) in [5.41, 5.74) is 1.95. The van der Waals surface area contributed by atoms with E-state index in [1.807, 2.05) is 6.07 Å². The molecule has 92 valence electrons. The standard InChI is InChI=1S/C13H18N2O2/c1-3-6-14-8-11-13(17-9-15-11)10-5-7-16-12(10)4-2/h5,7,9,14H,3-4,6,8H2,1-2H3. The maximum absolute atomic E-state index is 5.47. The molecule has 0 radical (unpaired) electrons. The molecular weight excluding hydrogens is 216 g/mol. The van der Waals surface area contributed by atoms with Crippen molar-refractivity contribution >= 4 is 0 Å². The Bertz CT molecular complexity index is 459. The summed E-state index contributed by atoms with van der Waals surface area (Å²) in [4.78, 5) is 4.25. The first kappa shape index (κ1) is 11.9. The van der Waals surface area contributed by atoms with Crippen molar-refractivity contribution in [2.45, 2.75) is 33.2 Å². The summed E-state index contributed by atoms with van der Waals surface area (Å²) in [5.74, 6) is 1.76. The molecule has 2 rings (SSSR count). The molecule has 0 fully saturated rings.